The van der Waals surface area contributed by atoms with E-state index in [0.29, 0.717) is 29.8 Å². The fraction of sp³-hybridized carbons (Fsp3) is 0.562. The summed E-state index contributed by atoms with van der Waals surface area (Å²) in [6.45, 7) is 11.7. The largest absolute Gasteiger partial charge is 0.351 e. The number of amides is 1. The molecular formula is C16H25FN2O. The van der Waals surface area contributed by atoms with Gasteiger partial charge in [-0.2, -0.15) is 0 Å². The highest BCUT2D eigenvalue weighted by molar-refractivity contribution is 5.95. The molecule has 0 bridgehead atoms. The van der Waals surface area contributed by atoms with Gasteiger partial charge < -0.3 is 5.32 Å². The normalized spacial score (nSPS) is 11.4. The lowest BCUT2D eigenvalue weighted by Gasteiger charge is -2.30. The highest BCUT2D eigenvalue weighted by Crippen LogP contribution is 2.10. The van der Waals surface area contributed by atoms with Crippen molar-refractivity contribution in [3.63, 3.8) is 0 Å². The van der Waals surface area contributed by atoms with Gasteiger partial charge in [0.25, 0.3) is 5.91 Å². The fourth-order valence-electron chi connectivity index (χ4n) is 2.39. The Morgan fingerprint density at radius 1 is 1.25 bits per heavy atom. The lowest BCUT2D eigenvalue weighted by molar-refractivity contribution is 0.0938. The first-order valence-electron chi connectivity index (χ1n) is 7.13. The van der Waals surface area contributed by atoms with Gasteiger partial charge in [0.05, 0.1) is 0 Å². The molecule has 0 saturated heterocycles. The average molecular weight is 280 g/mol. The van der Waals surface area contributed by atoms with Crippen molar-refractivity contribution in [3.8, 4) is 0 Å². The van der Waals surface area contributed by atoms with E-state index >= 15 is 0 Å². The van der Waals surface area contributed by atoms with E-state index in [1.54, 1.807) is 6.92 Å². The fourth-order valence-corrected chi connectivity index (χ4v) is 2.39. The van der Waals surface area contributed by atoms with E-state index in [9.17, 15) is 9.18 Å². The van der Waals surface area contributed by atoms with E-state index < -0.39 is 0 Å². The van der Waals surface area contributed by atoms with Crippen LogP contribution < -0.4 is 5.32 Å². The summed E-state index contributed by atoms with van der Waals surface area (Å²) in [6, 6.07) is 5.11. The van der Waals surface area contributed by atoms with E-state index in [4.69, 9.17) is 0 Å². The summed E-state index contributed by atoms with van der Waals surface area (Å²) in [5.41, 5.74) is 1.19. The van der Waals surface area contributed by atoms with Gasteiger partial charge in [-0.25, -0.2) is 4.39 Å². The lowest BCUT2D eigenvalue weighted by Crippen LogP contribution is -2.42. The zero-order chi connectivity index (χ0) is 15.3. The maximum absolute atomic E-state index is 13.0. The summed E-state index contributed by atoms with van der Waals surface area (Å²) in [7, 11) is 0. The maximum Gasteiger partial charge on any atom is 0.251 e. The number of benzene rings is 1. The molecule has 1 amide bonds. The summed E-state index contributed by atoms with van der Waals surface area (Å²) in [4.78, 5) is 14.4. The van der Waals surface area contributed by atoms with Crippen molar-refractivity contribution in [2.45, 2.75) is 46.7 Å². The van der Waals surface area contributed by atoms with E-state index in [0.717, 1.165) is 6.54 Å². The third kappa shape index (κ3) is 4.60. The smallest absolute Gasteiger partial charge is 0.251 e. The Bertz CT molecular complexity index is 450. The molecule has 0 heterocycles. The number of hydrogen-bond acceptors (Lipinski definition) is 2. The zero-order valence-corrected chi connectivity index (χ0v) is 13.0. The molecule has 3 nitrogen and oxygen atoms in total. The zero-order valence-electron chi connectivity index (χ0n) is 13.0. The van der Waals surface area contributed by atoms with Crippen LogP contribution in [0.5, 0.6) is 0 Å². The van der Waals surface area contributed by atoms with Gasteiger partial charge in [-0.05, 0) is 58.4 Å². The molecule has 0 unspecified atom stereocenters. The van der Waals surface area contributed by atoms with Crippen molar-refractivity contribution in [1.82, 2.24) is 10.2 Å². The molecule has 0 fully saturated rings. The predicted octanol–water partition coefficient (Wildman–Crippen LogP) is 2.98. The quantitative estimate of drug-likeness (QED) is 0.869. The second-order valence-electron chi connectivity index (χ2n) is 5.64. The van der Waals surface area contributed by atoms with Crippen molar-refractivity contribution < 1.29 is 9.18 Å². The van der Waals surface area contributed by atoms with Crippen molar-refractivity contribution >= 4 is 5.91 Å². The summed E-state index contributed by atoms with van der Waals surface area (Å²) in [6.07, 6.45) is 0. The van der Waals surface area contributed by atoms with Crippen LogP contribution in [0.25, 0.3) is 0 Å². The Hall–Kier alpha value is -1.42. The van der Waals surface area contributed by atoms with Gasteiger partial charge in [0.1, 0.15) is 5.82 Å². The maximum atomic E-state index is 13.0. The first-order valence-corrected chi connectivity index (χ1v) is 7.13. The molecule has 0 saturated carbocycles. The molecule has 0 aromatic heterocycles. The number of aryl methyl sites for hydroxylation is 1. The summed E-state index contributed by atoms with van der Waals surface area (Å²) in [5, 5.41) is 2.90. The van der Waals surface area contributed by atoms with E-state index in [2.05, 4.69) is 37.9 Å². The Kier molecular flexibility index (Phi) is 6.14. The monoisotopic (exact) mass is 280 g/mol. The van der Waals surface area contributed by atoms with Gasteiger partial charge in [-0.3, -0.25) is 9.69 Å². The topological polar surface area (TPSA) is 32.3 Å². The minimum atomic E-state index is -0.315. The van der Waals surface area contributed by atoms with Crippen LogP contribution >= 0.6 is 0 Å². The molecule has 0 aliphatic heterocycles. The number of rotatable bonds is 6. The van der Waals surface area contributed by atoms with Crippen molar-refractivity contribution in [2.75, 3.05) is 13.1 Å². The van der Waals surface area contributed by atoms with Crippen molar-refractivity contribution in [1.29, 1.82) is 0 Å². The van der Waals surface area contributed by atoms with Gasteiger partial charge in [-0.1, -0.05) is 0 Å². The number of nitrogens with zero attached hydrogens (tertiary/aromatic N) is 1. The number of nitrogens with one attached hydrogen (secondary N) is 1. The molecule has 4 heteroatoms. The third-order valence-corrected chi connectivity index (χ3v) is 3.42. The van der Waals surface area contributed by atoms with E-state index in [-0.39, 0.29) is 11.7 Å². The predicted molar refractivity (Wildman–Crippen MR) is 80.4 cm³/mol. The van der Waals surface area contributed by atoms with Crippen LogP contribution in [0.1, 0.15) is 43.6 Å². The molecule has 112 valence electrons. The molecular weight excluding hydrogens is 255 g/mol. The molecule has 1 aromatic carbocycles. The molecule has 1 N–H and O–H groups in total. The number of carbonyl (C=O) groups is 1. The first-order chi connectivity index (χ1) is 9.32. The number of carbonyl (C=O) groups excluding carboxylic acids is 1. The molecule has 20 heavy (non-hydrogen) atoms. The SMILES string of the molecule is Cc1cc(F)ccc1C(=O)NCCN(C(C)C)C(C)C. The van der Waals surface area contributed by atoms with Gasteiger partial charge >= 0.3 is 0 Å². The van der Waals surface area contributed by atoms with Crippen LogP contribution in [0.4, 0.5) is 4.39 Å². The molecule has 0 atom stereocenters. The third-order valence-electron chi connectivity index (χ3n) is 3.42. The molecule has 0 radical (unpaired) electrons. The van der Waals surface area contributed by atoms with E-state index in [1.165, 1.54) is 18.2 Å². The second kappa shape index (κ2) is 7.39. The van der Waals surface area contributed by atoms with E-state index in [1.807, 2.05) is 0 Å². The second-order valence-corrected chi connectivity index (χ2v) is 5.64. The van der Waals surface area contributed by atoms with Gasteiger partial charge in [0, 0.05) is 30.7 Å². The Morgan fingerprint density at radius 2 is 1.85 bits per heavy atom. The Morgan fingerprint density at radius 3 is 2.35 bits per heavy atom. The number of hydrogen-bond donors (Lipinski definition) is 1. The van der Waals surface area contributed by atoms with Crippen LogP contribution in [0.15, 0.2) is 18.2 Å². The Balaban J connectivity index is 2.55. The van der Waals surface area contributed by atoms with Gasteiger partial charge in [-0.15, -0.1) is 0 Å². The average Bonchev–Trinajstić information content (AvgIpc) is 2.33. The molecule has 0 aliphatic rings. The molecule has 1 aromatic rings. The molecule has 0 aliphatic carbocycles. The van der Waals surface area contributed by atoms with Crippen LogP contribution in [0.3, 0.4) is 0 Å². The Labute approximate surface area is 121 Å². The van der Waals surface area contributed by atoms with Crippen LogP contribution in [-0.4, -0.2) is 36.0 Å². The highest BCUT2D eigenvalue weighted by atomic mass is 19.1. The van der Waals surface area contributed by atoms with Crippen LogP contribution in [0, 0.1) is 12.7 Å². The lowest BCUT2D eigenvalue weighted by atomic mass is 10.1. The van der Waals surface area contributed by atoms with Crippen molar-refractivity contribution in [2.24, 2.45) is 0 Å². The number of halogens is 1. The van der Waals surface area contributed by atoms with Crippen LogP contribution in [0.2, 0.25) is 0 Å². The summed E-state index contributed by atoms with van der Waals surface area (Å²) in [5.74, 6) is -0.459. The minimum Gasteiger partial charge on any atom is -0.351 e. The van der Waals surface area contributed by atoms with Crippen LogP contribution in [-0.2, 0) is 0 Å². The summed E-state index contributed by atoms with van der Waals surface area (Å²) >= 11 is 0. The molecule has 0 spiro atoms. The summed E-state index contributed by atoms with van der Waals surface area (Å²) < 4.78 is 13.0. The van der Waals surface area contributed by atoms with Crippen molar-refractivity contribution in [3.05, 3.63) is 35.1 Å². The van der Waals surface area contributed by atoms with Gasteiger partial charge in [0.15, 0.2) is 0 Å². The first kappa shape index (κ1) is 16.6. The highest BCUT2D eigenvalue weighted by Gasteiger charge is 2.14. The standard InChI is InChI=1S/C16H25FN2O/c1-11(2)19(12(3)4)9-8-18-16(20)15-7-6-14(17)10-13(15)5/h6-7,10-12H,8-9H2,1-5H3,(H,18,20). The molecule has 1 rings (SSSR count). The minimum absolute atomic E-state index is 0.144. The van der Waals surface area contributed by atoms with Gasteiger partial charge in [0.2, 0.25) is 0 Å².